The molecule has 1 amide bonds. The van der Waals surface area contributed by atoms with Crippen LogP contribution in [0.1, 0.15) is 24.7 Å². The fraction of sp³-hybridized carbons (Fsp3) is 0.500. The van der Waals surface area contributed by atoms with E-state index in [0.717, 1.165) is 36.9 Å². The highest BCUT2D eigenvalue weighted by Gasteiger charge is 2.28. The maximum atomic E-state index is 12.1. The molecule has 0 bridgehead atoms. The second kappa shape index (κ2) is 9.66. The molecule has 2 aromatic rings. The molecule has 1 fully saturated rings. The number of halogens is 1. The number of nitrogens with zero attached hydrogens (tertiary/aromatic N) is 2. The standard InChI is InChI=1S/C18H24N4O3.ClH/c1-3-16-21-18(25-22-16)13-6-4-12(5-7-13)8-9-19-17(23)15-10-14(24-2)11-20-15;/h4-7,14-15,20H,3,8-11H2,1-2H3,(H,19,23);1H/t14-,15+;/m0./s1. The number of amides is 1. The van der Waals surface area contributed by atoms with E-state index in [1.165, 1.54) is 0 Å². The Morgan fingerprint density at radius 1 is 1.38 bits per heavy atom. The maximum absolute atomic E-state index is 12.1. The molecule has 1 aliphatic heterocycles. The number of hydrogen-bond acceptors (Lipinski definition) is 6. The average molecular weight is 381 g/mol. The van der Waals surface area contributed by atoms with Crippen molar-refractivity contribution in [2.75, 3.05) is 20.2 Å². The van der Waals surface area contributed by atoms with Crippen molar-refractivity contribution in [3.8, 4) is 11.5 Å². The Morgan fingerprint density at radius 3 is 2.77 bits per heavy atom. The minimum absolute atomic E-state index is 0. The van der Waals surface area contributed by atoms with Crippen molar-refractivity contribution in [3.63, 3.8) is 0 Å². The lowest BCUT2D eigenvalue weighted by atomic mass is 10.1. The van der Waals surface area contributed by atoms with E-state index in [0.29, 0.717) is 18.3 Å². The zero-order valence-corrected chi connectivity index (χ0v) is 15.8. The third-order valence-corrected chi connectivity index (χ3v) is 4.44. The highest BCUT2D eigenvalue weighted by Crippen LogP contribution is 2.18. The first-order chi connectivity index (χ1) is 12.2. The second-order valence-electron chi connectivity index (χ2n) is 6.16. The van der Waals surface area contributed by atoms with Gasteiger partial charge in [-0.25, -0.2) is 0 Å². The van der Waals surface area contributed by atoms with Gasteiger partial charge in [-0.15, -0.1) is 12.4 Å². The van der Waals surface area contributed by atoms with Crippen molar-refractivity contribution >= 4 is 18.3 Å². The van der Waals surface area contributed by atoms with Crippen LogP contribution in [0, 0.1) is 0 Å². The van der Waals surface area contributed by atoms with Crippen LogP contribution < -0.4 is 10.6 Å². The minimum Gasteiger partial charge on any atom is -0.380 e. The van der Waals surface area contributed by atoms with Gasteiger partial charge in [-0.3, -0.25) is 4.79 Å². The predicted molar refractivity (Wildman–Crippen MR) is 100 cm³/mol. The Balaban J connectivity index is 0.00000243. The summed E-state index contributed by atoms with van der Waals surface area (Å²) < 4.78 is 10.5. The topological polar surface area (TPSA) is 89.3 Å². The van der Waals surface area contributed by atoms with Gasteiger partial charge in [-0.1, -0.05) is 24.2 Å². The first-order valence-electron chi connectivity index (χ1n) is 8.65. The molecule has 26 heavy (non-hydrogen) atoms. The van der Waals surface area contributed by atoms with Gasteiger partial charge in [-0.2, -0.15) is 4.98 Å². The van der Waals surface area contributed by atoms with Crippen LogP contribution in [-0.4, -0.2) is 48.4 Å². The molecule has 7 nitrogen and oxygen atoms in total. The molecule has 0 radical (unpaired) electrons. The molecule has 0 aliphatic carbocycles. The third kappa shape index (κ3) is 5.03. The number of hydrogen-bond donors (Lipinski definition) is 2. The smallest absolute Gasteiger partial charge is 0.257 e. The summed E-state index contributed by atoms with van der Waals surface area (Å²) >= 11 is 0. The van der Waals surface area contributed by atoms with E-state index in [4.69, 9.17) is 9.26 Å². The first-order valence-corrected chi connectivity index (χ1v) is 8.65. The lowest BCUT2D eigenvalue weighted by Crippen LogP contribution is -2.41. The molecular formula is C18H25ClN4O3. The highest BCUT2D eigenvalue weighted by molar-refractivity contribution is 5.85. The van der Waals surface area contributed by atoms with Gasteiger partial charge in [-0.05, 0) is 30.5 Å². The molecule has 1 aromatic carbocycles. The molecule has 8 heteroatoms. The summed E-state index contributed by atoms with van der Waals surface area (Å²) in [5.74, 6) is 1.28. The van der Waals surface area contributed by atoms with Gasteiger partial charge in [0.25, 0.3) is 5.89 Å². The molecule has 1 aliphatic rings. The first kappa shape index (κ1) is 20.4. The van der Waals surface area contributed by atoms with E-state index >= 15 is 0 Å². The minimum atomic E-state index is -0.155. The van der Waals surface area contributed by atoms with Crippen LogP contribution in [0.25, 0.3) is 11.5 Å². The number of aryl methyl sites for hydroxylation is 1. The van der Waals surface area contributed by atoms with Gasteiger partial charge in [0.15, 0.2) is 5.82 Å². The average Bonchev–Trinajstić information content (AvgIpc) is 3.31. The van der Waals surface area contributed by atoms with Gasteiger partial charge in [0, 0.05) is 32.2 Å². The molecule has 0 spiro atoms. The Morgan fingerprint density at radius 2 is 2.15 bits per heavy atom. The van der Waals surface area contributed by atoms with E-state index in [-0.39, 0.29) is 30.5 Å². The monoisotopic (exact) mass is 380 g/mol. The zero-order valence-electron chi connectivity index (χ0n) is 15.0. The Kier molecular flexibility index (Phi) is 7.56. The molecule has 2 atom stereocenters. The SMILES string of the molecule is CCc1noc(-c2ccc(CCNC(=O)[C@H]3C[C@H](OC)CN3)cc2)n1.Cl. The fourth-order valence-electron chi connectivity index (χ4n) is 2.86. The van der Waals surface area contributed by atoms with Crippen LogP contribution in [0.15, 0.2) is 28.8 Å². The Labute approximate surface area is 159 Å². The summed E-state index contributed by atoms with van der Waals surface area (Å²) in [4.78, 5) is 16.4. The highest BCUT2D eigenvalue weighted by atomic mass is 35.5. The number of methoxy groups -OCH3 is 1. The molecule has 2 N–H and O–H groups in total. The number of rotatable bonds is 7. The number of carbonyl (C=O) groups is 1. The van der Waals surface area contributed by atoms with Crippen LogP contribution in [0.4, 0.5) is 0 Å². The summed E-state index contributed by atoms with van der Waals surface area (Å²) in [6.07, 6.45) is 2.38. The number of nitrogens with one attached hydrogen (secondary N) is 2. The van der Waals surface area contributed by atoms with Crippen LogP contribution in [0.2, 0.25) is 0 Å². The van der Waals surface area contributed by atoms with Gasteiger partial charge in [0.05, 0.1) is 12.1 Å². The maximum Gasteiger partial charge on any atom is 0.257 e. The van der Waals surface area contributed by atoms with Crippen LogP contribution in [-0.2, 0) is 22.4 Å². The molecule has 1 aromatic heterocycles. The lowest BCUT2D eigenvalue weighted by Gasteiger charge is -2.11. The largest absolute Gasteiger partial charge is 0.380 e. The van der Waals surface area contributed by atoms with Crippen molar-refractivity contribution < 1.29 is 14.1 Å². The van der Waals surface area contributed by atoms with Crippen LogP contribution in [0.5, 0.6) is 0 Å². The number of aromatic nitrogens is 2. The van der Waals surface area contributed by atoms with Gasteiger partial charge >= 0.3 is 0 Å². The summed E-state index contributed by atoms with van der Waals surface area (Å²) in [7, 11) is 1.67. The summed E-state index contributed by atoms with van der Waals surface area (Å²) in [5, 5.41) is 10.1. The molecule has 2 heterocycles. The normalized spacial score (nSPS) is 19.2. The van der Waals surface area contributed by atoms with Gasteiger partial charge in [0.1, 0.15) is 0 Å². The Bertz CT molecular complexity index is 705. The van der Waals surface area contributed by atoms with E-state index in [1.54, 1.807) is 7.11 Å². The van der Waals surface area contributed by atoms with E-state index in [9.17, 15) is 4.79 Å². The van der Waals surface area contributed by atoms with Crippen LogP contribution >= 0.6 is 12.4 Å². The predicted octanol–water partition coefficient (Wildman–Crippen LogP) is 1.76. The van der Waals surface area contributed by atoms with Gasteiger partial charge < -0.3 is 19.9 Å². The summed E-state index contributed by atoms with van der Waals surface area (Å²) in [6.45, 7) is 3.32. The molecule has 142 valence electrons. The molecule has 0 saturated carbocycles. The van der Waals surface area contributed by atoms with Crippen molar-refractivity contribution in [1.82, 2.24) is 20.8 Å². The zero-order chi connectivity index (χ0) is 17.6. The Hall–Kier alpha value is -1.96. The molecule has 1 saturated heterocycles. The molecule has 3 rings (SSSR count). The summed E-state index contributed by atoms with van der Waals surface area (Å²) in [5.41, 5.74) is 2.05. The molecule has 0 unspecified atom stereocenters. The van der Waals surface area contributed by atoms with Crippen LogP contribution in [0.3, 0.4) is 0 Å². The van der Waals surface area contributed by atoms with E-state index in [1.807, 2.05) is 31.2 Å². The second-order valence-corrected chi connectivity index (χ2v) is 6.16. The van der Waals surface area contributed by atoms with E-state index in [2.05, 4.69) is 20.8 Å². The quantitative estimate of drug-likeness (QED) is 0.760. The van der Waals surface area contributed by atoms with E-state index < -0.39 is 0 Å². The summed E-state index contributed by atoms with van der Waals surface area (Å²) in [6, 6.07) is 7.81. The van der Waals surface area contributed by atoms with Crippen molar-refractivity contribution in [3.05, 3.63) is 35.7 Å². The van der Waals surface area contributed by atoms with Crippen molar-refractivity contribution in [1.29, 1.82) is 0 Å². The fourth-order valence-corrected chi connectivity index (χ4v) is 2.86. The molecular weight excluding hydrogens is 356 g/mol. The van der Waals surface area contributed by atoms with Crippen molar-refractivity contribution in [2.24, 2.45) is 0 Å². The number of benzene rings is 1. The third-order valence-electron chi connectivity index (χ3n) is 4.44. The van der Waals surface area contributed by atoms with Gasteiger partial charge in [0.2, 0.25) is 5.91 Å². The number of carbonyl (C=O) groups excluding carboxylic acids is 1. The lowest BCUT2D eigenvalue weighted by molar-refractivity contribution is -0.122. The van der Waals surface area contributed by atoms with Crippen molar-refractivity contribution in [2.45, 2.75) is 38.3 Å². The number of ether oxygens (including phenoxy) is 1.